The number of carbonyl (C=O) groups is 3. The molecule has 1 aliphatic rings. The fraction of sp³-hybridized carbons (Fsp3) is 0.179. The summed E-state index contributed by atoms with van der Waals surface area (Å²) in [6.45, 7) is 5.18. The van der Waals surface area contributed by atoms with Crippen molar-refractivity contribution in [3.8, 4) is 11.5 Å². The Kier molecular flexibility index (Phi) is 7.43. The monoisotopic (exact) mass is 583 g/mol. The van der Waals surface area contributed by atoms with Crippen molar-refractivity contribution in [2.45, 2.75) is 26.4 Å². The van der Waals surface area contributed by atoms with Crippen LogP contribution in [0.2, 0.25) is 5.02 Å². The zero-order chi connectivity index (χ0) is 26.9. The maximum Gasteiger partial charge on any atom is 0.422 e. The minimum Gasteiger partial charge on any atom is -0.465 e. The van der Waals surface area contributed by atoms with E-state index in [2.05, 4.69) is 15.9 Å². The molecule has 190 valence electrons. The highest BCUT2D eigenvalue weighted by Crippen LogP contribution is 2.41. The molecule has 9 heteroatoms. The third-order valence-corrected chi connectivity index (χ3v) is 6.00. The van der Waals surface area contributed by atoms with Gasteiger partial charge in [-0.25, -0.2) is 14.5 Å². The van der Waals surface area contributed by atoms with Crippen molar-refractivity contribution in [1.29, 1.82) is 0 Å². The lowest BCUT2D eigenvalue weighted by Gasteiger charge is -2.23. The quantitative estimate of drug-likeness (QED) is 0.233. The molecule has 4 rings (SSSR count). The zero-order valence-corrected chi connectivity index (χ0v) is 22.8. The van der Waals surface area contributed by atoms with Gasteiger partial charge in [0.25, 0.3) is 5.91 Å². The summed E-state index contributed by atoms with van der Waals surface area (Å²) in [7, 11) is 1.31. The predicted molar refractivity (Wildman–Crippen MR) is 145 cm³/mol. The normalized spacial score (nSPS) is 13.9. The first kappa shape index (κ1) is 26.4. The first-order valence-corrected chi connectivity index (χ1v) is 12.4. The summed E-state index contributed by atoms with van der Waals surface area (Å²) in [5.41, 5.74) is 1.34. The van der Waals surface area contributed by atoms with Crippen LogP contribution >= 0.6 is 27.5 Å². The molecule has 7 nitrogen and oxygen atoms in total. The molecule has 3 aromatic rings. The van der Waals surface area contributed by atoms with E-state index in [1.54, 1.807) is 87.5 Å². The molecule has 0 aromatic heterocycles. The van der Waals surface area contributed by atoms with E-state index in [9.17, 15) is 14.4 Å². The molecule has 0 fully saturated rings. The molecule has 1 aliphatic heterocycles. The summed E-state index contributed by atoms with van der Waals surface area (Å²) in [5, 5.41) is 0.378. The number of imide groups is 1. The highest BCUT2D eigenvalue weighted by atomic mass is 79.9. The number of carbonyl (C=O) groups excluding carboxylic acids is 3. The molecule has 0 radical (unpaired) electrons. The van der Waals surface area contributed by atoms with Crippen LogP contribution in [-0.4, -0.2) is 30.7 Å². The second kappa shape index (κ2) is 10.4. The molecular formula is C28H23BrClNO6. The van der Waals surface area contributed by atoms with Gasteiger partial charge in [0, 0.05) is 20.6 Å². The van der Waals surface area contributed by atoms with Gasteiger partial charge in [-0.05, 0) is 81.4 Å². The Bertz CT molecular complexity index is 1430. The van der Waals surface area contributed by atoms with Gasteiger partial charge in [0.2, 0.25) is 0 Å². The van der Waals surface area contributed by atoms with Crippen molar-refractivity contribution in [2.75, 3.05) is 12.0 Å². The number of amides is 2. The molecule has 37 heavy (non-hydrogen) atoms. The number of esters is 1. The second-order valence-corrected chi connectivity index (χ2v) is 10.5. The molecule has 0 unspecified atom stereocenters. The van der Waals surface area contributed by atoms with Crippen LogP contribution in [0.4, 0.5) is 10.5 Å². The van der Waals surface area contributed by atoms with Gasteiger partial charge in [0.05, 0.1) is 23.9 Å². The first-order valence-electron chi connectivity index (χ1n) is 11.2. The third kappa shape index (κ3) is 5.87. The van der Waals surface area contributed by atoms with Crippen LogP contribution in [0.1, 0.15) is 42.3 Å². The van der Waals surface area contributed by atoms with E-state index in [4.69, 9.17) is 25.8 Å². The van der Waals surface area contributed by atoms with Crippen LogP contribution in [0, 0.1) is 0 Å². The summed E-state index contributed by atoms with van der Waals surface area (Å²) in [4.78, 5) is 39.2. The number of rotatable bonds is 4. The molecule has 0 N–H and O–H groups in total. The number of ether oxygens (including phenoxy) is 3. The Morgan fingerprint density at radius 1 is 1.00 bits per heavy atom. The van der Waals surface area contributed by atoms with Crippen molar-refractivity contribution in [1.82, 2.24) is 0 Å². The average molecular weight is 585 g/mol. The fourth-order valence-corrected chi connectivity index (χ4v) is 4.22. The molecule has 0 spiro atoms. The van der Waals surface area contributed by atoms with Crippen LogP contribution in [0.15, 0.2) is 65.1 Å². The Morgan fingerprint density at radius 3 is 2.35 bits per heavy atom. The second-order valence-electron chi connectivity index (χ2n) is 9.14. The Balaban J connectivity index is 1.74. The standard InChI is InChI=1S/C28H23BrClNO6/c1-28(2,3)37-27(34)31-23-15-19(30)8-11-21(23)22(25(31)32)14-17-13-18(29)7-12-24(17)36-20-9-5-16(6-10-20)26(33)35-4/h5-15H,1-4H3/b22-14+. The van der Waals surface area contributed by atoms with Crippen LogP contribution in [0.5, 0.6) is 11.5 Å². The van der Waals surface area contributed by atoms with E-state index in [-0.39, 0.29) is 5.57 Å². The van der Waals surface area contributed by atoms with E-state index in [0.29, 0.717) is 38.9 Å². The van der Waals surface area contributed by atoms with Crippen molar-refractivity contribution >= 4 is 62.8 Å². The lowest BCUT2D eigenvalue weighted by molar-refractivity contribution is -0.112. The summed E-state index contributed by atoms with van der Waals surface area (Å²) >= 11 is 9.66. The number of halogens is 2. The smallest absolute Gasteiger partial charge is 0.422 e. The van der Waals surface area contributed by atoms with E-state index >= 15 is 0 Å². The number of hydrogen-bond donors (Lipinski definition) is 0. The first-order chi connectivity index (χ1) is 17.5. The van der Waals surface area contributed by atoms with Gasteiger partial charge in [-0.1, -0.05) is 33.6 Å². The molecule has 0 bridgehead atoms. The van der Waals surface area contributed by atoms with Crippen molar-refractivity contribution in [2.24, 2.45) is 0 Å². The predicted octanol–water partition coefficient (Wildman–Crippen LogP) is 7.50. The average Bonchev–Trinajstić information content (AvgIpc) is 3.10. The summed E-state index contributed by atoms with van der Waals surface area (Å²) < 4.78 is 17.0. The van der Waals surface area contributed by atoms with Gasteiger partial charge in [0.1, 0.15) is 17.1 Å². The lowest BCUT2D eigenvalue weighted by Crippen LogP contribution is -2.38. The molecule has 0 atom stereocenters. The number of anilines is 1. The molecule has 0 aliphatic carbocycles. The largest absolute Gasteiger partial charge is 0.465 e. The molecule has 1 heterocycles. The van der Waals surface area contributed by atoms with Crippen LogP contribution < -0.4 is 9.64 Å². The van der Waals surface area contributed by atoms with Gasteiger partial charge in [0.15, 0.2) is 0 Å². The highest BCUT2D eigenvalue weighted by molar-refractivity contribution is 9.10. The summed E-state index contributed by atoms with van der Waals surface area (Å²) in [6, 6.07) is 16.7. The Labute approximate surface area is 227 Å². The van der Waals surface area contributed by atoms with E-state index in [0.717, 1.165) is 9.37 Å². The third-order valence-electron chi connectivity index (χ3n) is 5.28. The minimum absolute atomic E-state index is 0.279. The van der Waals surface area contributed by atoms with E-state index in [1.807, 2.05) is 0 Å². The molecule has 0 saturated heterocycles. The van der Waals surface area contributed by atoms with Gasteiger partial charge >= 0.3 is 12.1 Å². The summed E-state index contributed by atoms with van der Waals surface area (Å²) in [5.74, 6) is -0.0518. The minimum atomic E-state index is -0.794. The van der Waals surface area contributed by atoms with Gasteiger partial charge in [-0.2, -0.15) is 0 Å². The van der Waals surface area contributed by atoms with Crippen molar-refractivity contribution in [3.05, 3.63) is 86.8 Å². The summed E-state index contributed by atoms with van der Waals surface area (Å²) in [6.07, 6.45) is 0.864. The maximum absolute atomic E-state index is 13.5. The molecular weight excluding hydrogens is 562 g/mol. The topological polar surface area (TPSA) is 82.1 Å². The van der Waals surface area contributed by atoms with E-state index < -0.39 is 23.6 Å². The van der Waals surface area contributed by atoms with Crippen LogP contribution in [-0.2, 0) is 14.3 Å². The van der Waals surface area contributed by atoms with Crippen molar-refractivity contribution in [3.63, 3.8) is 0 Å². The number of fused-ring (bicyclic) bond motifs is 1. The number of hydrogen-bond acceptors (Lipinski definition) is 6. The lowest BCUT2D eigenvalue weighted by atomic mass is 10.0. The zero-order valence-electron chi connectivity index (χ0n) is 20.5. The molecule has 3 aromatic carbocycles. The van der Waals surface area contributed by atoms with Crippen LogP contribution in [0.3, 0.4) is 0 Å². The van der Waals surface area contributed by atoms with Crippen molar-refractivity contribution < 1.29 is 28.6 Å². The maximum atomic E-state index is 13.5. The molecule has 2 amide bonds. The fourth-order valence-electron chi connectivity index (χ4n) is 3.68. The number of methoxy groups -OCH3 is 1. The SMILES string of the molecule is COC(=O)c1ccc(Oc2ccc(Br)cc2/C=C2/C(=O)N(C(=O)OC(C)(C)C)c3cc(Cl)ccc32)cc1. The molecule has 0 saturated carbocycles. The van der Waals surface area contributed by atoms with Crippen LogP contribution in [0.25, 0.3) is 11.6 Å². The number of nitrogens with zero attached hydrogens (tertiary/aromatic N) is 1. The van der Waals surface area contributed by atoms with Gasteiger partial charge in [-0.15, -0.1) is 0 Å². The van der Waals surface area contributed by atoms with Gasteiger partial charge < -0.3 is 14.2 Å². The Hall–Kier alpha value is -3.62. The van der Waals surface area contributed by atoms with Gasteiger partial charge in [-0.3, -0.25) is 4.79 Å². The highest BCUT2D eigenvalue weighted by Gasteiger charge is 2.39. The number of benzene rings is 3. The van der Waals surface area contributed by atoms with E-state index in [1.165, 1.54) is 7.11 Å². The Morgan fingerprint density at radius 2 is 1.70 bits per heavy atom.